The number of H-pyrrole nitrogens is 1. The molecule has 3 heterocycles. The normalized spacial score (nSPS) is 24.2. The number of carbonyl (C=O) groups is 1. The first-order valence-electron chi connectivity index (χ1n) is 7.24. The van der Waals surface area contributed by atoms with Crippen molar-refractivity contribution in [3.8, 4) is 0 Å². The van der Waals surface area contributed by atoms with Crippen molar-refractivity contribution in [1.29, 1.82) is 0 Å². The van der Waals surface area contributed by atoms with Gasteiger partial charge in [-0.25, -0.2) is 8.78 Å². The SMILES string of the molecule is O=C(c1cc2cc(Cl)c(F)c(F)c2[nH]1)N1CC[C@@H]2CNC[C@@H]21. The maximum Gasteiger partial charge on any atom is 0.270 e. The van der Waals surface area contributed by atoms with Gasteiger partial charge in [0, 0.05) is 31.1 Å². The van der Waals surface area contributed by atoms with E-state index in [-0.39, 0.29) is 28.2 Å². The third-order valence-corrected chi connectivity index (χ3v) is 4.96. The van der Waals surface area contributed by atoms with Crippen LogP contribution in [0.3, 0.4) is 0 Å². The predicted octanol–water partition coefficient (Wildman–Crippen LogP) is 2.53. The maximum atomic E-state index is 13.9. The van der Waals surface area contributed by atoms with Gasteiger partial charge in [-0.1, -0.05) is 11.6 Å². The Labute approximate surface area is 130 Å². The largest absolute Gasteiger partial charge is 0.348 e. The smallest absolute Gasteiger partial charge is 0.270 e. The van der Waals surface area contributed by atoms with Crippen LogP contribution in [-0.2, 0) is 0 Å². The minimum absolute atomic E-state index is 0.0226. The Balaban J connectivity index is 1.72. The average molecular weight is 326 g/mol. The molecule has 0 radical (unpaired) electrons. The first-order valence-corrected chi connectivity index (χ1v) is 7.62. The summed E-state index contributed by atoms with van der Waals surface area (Å²) in [7, 11) is 0. The third-order valence-electron chi connectivity index (χ3n) is 4.69. The number of halogens is 3. The zero-order valence-electron chi connectivity index (χ0n) is 11.6. The number of amides is 1. The van der Waals surface area contributed by atoms with Crippen LogP contribution < -0.4 is 5.32 Å². The van der Waals surface area contributed by atoms with Crippen molar-refractivity contribution < 1.29 is 13.6 Å². The molecule has 1 aromatic carbocycles. The van der Waals surface area contributed by atoms with Gasteiger partial charge in [-0.15, -0.1) is 0 Å². The molecule has 116 valence electrons. The topological polar surface area (TPSA) is 48.1 Å². The number of nitrogens with one attached hydrogen (secondary N) is 2. The number of likely N-dealkylation sites (tertiary alicyclic amines) is 1. The van der Waals surface area contributed by atoms with Gasteiger partial charge in [-0.05, 0) is 24.5 Å². The monoisotopic (exact) mass is 325 g/mol. The fraction of sp³-hybridized carbons (Fsp3) is 0.400. The molecule has 2 atom stereocenters. The van der Waals surface area contributed by atoms with E-state index in [0.717, 1.165) is 19.5 Å². The Morgan fingerprint density at radius 3 is 2.91 bits per heavy atom. The van der Waals surface area contributed by atoms with E-state index < -0.39 is 11.6 Å². The lowest BCUT2D eigenvalue weighted by atomic mass is 10.1. The highest BCUT2D eigenvalue weighted by molar-refractivity contribution is 6.31. The number of hydrogen-bond donors (Lipinski definition) is 2. The molecule has 0 saturated carbocycles. The second-order valence-corrected chi connectivity index (χ2v) is 6.31. The molecule has 2 fully saturated rings. The minimum Gasteiger partial charge on any atom is -0.348 e. The molecule has 0 unspecified atom stereocenters. The number of rotatable bonds is 1. The van der Waals surface area contributed by atoms with Crippen LogP contribution in [0.25, 0.3) is 10.9 Å². The summed E-state index contributed by atoms with van der Waals surface area (Å²) in [4.78, 5) is 17.2. The molecule has 0 aliphatic carbocycles. The molecule has 1 aromatic heterocycles. The van der Waals surface area contributed by atoms with Gasteiger partial charge in [-0.3, -0.25) is 4.79 Å². The molecule has 2 aliphatic rings. The molecule has 4 rings (SSSR count). The first kappa shape index (κ1) is 14.0. The van der Waals surface area contributed by atoms with Crippen LogP contribution in [0.1, 0.15) is 16.9 Å². The number of fused-ring (bicyclic) bond motifs is 2. The number of aromatic nitrogens is 1. The van der Waals surface area contributed by atoms with Crippen molar-refractivity contribution in [1.82, 2.24) is 15.2 Å². The molecule has 7 heteroatoms. The predicted molar refractivity (Wildman–Crippen MR) is 79.0 cm³/mol. The summed E-state index contributed by atoms with van der Waals surface area (Å²) < 4.78 is 27.4. The van der Waals surface area contributed by atoms with E-state index in [0.29, 0.717) is 17.8 Å². The molecule has 2 aromatic rings. The molecule has 0 spiro atoms. The molecule has 4 nitrogen and oxygen atoms in total. The summed E-state index contributed by atoms with van der Waals surface area (Å²) in [6.45, 7) is 2.41. The summed E-state index contributed by atoms with van der Waals surface area (Å²) in [6, 6.07) is 3.04. The average Bonchev–Trinajstić information content (AvgIpc) is 3.18. The lowest BCUT2D eigenvalue weighted by Crippen LogP contribution is -2.39. The van der Waals surface area contributed by atoms with E-state index in [1.54, 1.807) is 0 Å². The number of nitrogens with zero attached hydrogens (tertiary/aromatic N) is 1. The summed E-state index contributed by atoms with van der Waals surface area (Å²) in [5.41, 5.74) is 0.244. The molecule has 2 aliphatic heterocycles. The van der Waals surface area contributed by atoms with Crippen LogP contribution in [0.5, 0.6) is 0 Å². The van der Waals surface area contributed by atoms with Gasteiger partial charge in [0.1, 0.15) is 5.69 Å². The fourth-order valence-electron chi connectivity index (χ4n) is 3.55. The van der Waals surface area contributed by atoms with E-state index in [9.17, 15) is 13.6 Å². The van der Waals surface area contributed by atoms with E-state index >= 15 is 0 Å². The second-order valence-electron chi connectivity index (χ2n) is 5.91. The molecule has 2 saturated heterocycles. The highest BCUT2D eigenvalue weighted by Gasteiger charge is 2.40. The number of benzene rings is 1. The van der Waals surface area contributed by atoms with E-state index in [4.69, 9.17) is 11.6 Å². The Bertz CT molecular complexity index is 776. The van der Waals surface area contributed by atoms with Crippen LogP contribution in [0.2, 0.25) is 5.02 Å². The summed E-state index contributed by atoms with van der Waals surface area (Å²) in [5, 5.41) is 3.39. The van der Waals surface area contributed by atoms with Crippen LogP contribution >= 0.6 is 11.6 Å². The highest BCUT2D eigenvalue weighted by atomic mass is 35.5. The van der Waals surface area contributed by atoms with Gasteiger partial charge < -0.3 is 15.2 Å². The summed E-state index contributed by atoms with van der Waals surface area (Å²) in [5.74, 6) is -1.85. The zero-order chi connectivity index (χ0) is 15.4. The van der Waals surface area contributed by atoms with E-state index in [2.05, 4.69) is 10.3 Å². The lowest BCUT2D eigenvalue weighted by molar-refractivity contribution is 0.0732. The lowest BCUT2D eigenvalue weighted by Gasteiger charge is -2.22. The van der Waals surface area contributed by atoms with Crippen molar-refractivity contribution >= 4 is 28.4 Å². The molecule has 0 bridgehead atoms. The van der Waals surface area contributed by atoms with Gasteiger partial charge in [0.15, 0.2) is 11.6 Å². The van der Waals surface area contributed by atoms with Crippen molar-refractivity contribution in [3.63, 3.8) is 0 Å². The van der Waals surface area contributed by atoms with Crippen LogP contribution in [-0.4, -0.2) is 41.5 Å². The van der Waals surface area contributed by atoms with Crippen LogP contribution in [0.4, 0.5) is 8.78 Å². The second kappa shape index (κ2) is 4.93. The van der Waals surface area contributed by atoms with Crippen molar-refractivity contribution in [2.45, 2.75) is 12.5 Å². The van der Waals surface area contributed by atoms with Crippen molar-refractivity contribution in [3.05, 3.63) is 34.5 Å². The molecular formula is C15H14ClF2N3O. The summed E-state index contributed by atoms with van der Waals surface area (Å²) >= 11 is 5.65. The Morgan fingerprint density at radius 1 is 1.27 bits per heavy atom. The van der Waals surface area contributed by atoms with Crippen molar-refractivity contribution in [2.75, 3.05) is 19.6 Å². The number of aromatic amines is 1. The van der Waals surface area contributed by atoms with E-state index in [1.165, 1.54) is 12.1 Å². The summed E-state index contributed by atoms with van der Waals surface area (Å²) in [6.07, 6.45) is 0.971. The van der Waals surface area contributed by atoms with Gasteiger partial charge in [0.05, 0.1) is 10.5 Å². The maximum absolute atomic E-state index is 13.9. The Morgan fingerprint density at radius 2 is 2.09 bits per heavy atom. The van der Waals surface area contributed by atoms with Gasteiger partial charge in [0.2, 0.25) is 0 Å². The molecule has 1 amide bonds. The van der Waals surface area contributed by atoms with E-state index in [1.807, 2.05) is 4.90 Å². The fourth-order valence-corrected chi connectivity index (χ4v) is 3.75. The number of hydrogen-bond acceptors (Lipinski definition) is 2. The quantitative estimate of drug-likeness (QED) is 0.792. The number of carbonyl (C=O) groups excluding carboxylic acids is 1. The molecule has 22 heavy (non-hydrogen) atoms. The van der Waals surface area contributed by atoms with Gasteiger partial charge in [-0.2, -0.15) is 0 Å². The van der Waals surface area contributed by atoms with Gasteiger partial charge >= 0.3 is 0 Å². The minimum atomic E-state index is -1.10. The Kier molecular flexibility index (Phi) is 3.13. The highest BCUT2D eigenvalue weighted by Crippen LogP contribution is 2.31. The Hall–Kier alpha value is -1.66. The van der Waals surface area contributed by atoms with Crippen LogP contribution in [0.15, 0.2) is 12.1 Å². The third kappa shape index (κ3) is 1.94. The van der Waals surface area contributed by atoms with Gasteiger partial charge in [0.25, 0.3) is 5.91 Å². The molecule has 2 N–H and O–H groups in total. The standard InChI is InChI=1S/C15H14ClF2N3O/c16-9-3-8-4-10(20-14(8)13(18)12(9)17)15(22)21-2-1-7-5-19-6-11(7)21/h3-4,7,11,19-20H,1-2,5-6H2/t7-,11+/m1/s1. The zero-order valence-corrected chi connectivity index (χ0v) is 12.4. The first-order chi connectivity index (χ1) is 10.6. The van der Waals surface area contributed by atoms with Crippen molar-refractivity contribution in [2.24, 2.45) is 5.92 Å². The van der Waals surface area contributed by atoms with Crippen LogP contribution in [0, 0.1) is 17.6 Å². The molecular weight excluding hydrogens is 312 g/mol.